The van der Waals surface area contributed by atoms with Gasteiger partial charge in [-0.25, -0.2) is 4.79 Å². The number of nitrogens with one attached hydrogen (secondary N) is 1. The molecular formula is C12H15BrN2O3. The molecule has 98 valence electrons. The van der Waals surface area contributed by atoms with E-state index in [9.17, 15) is 9.59 Å². The van der Waals surface area contributed by atoms with E-state index < -0.39 is 5.97 Å². The number of hydrogen-bond acceptors (Lipinski definition) is 2. The van der Waals surface area contributed by atoms with Gasteiger partial charge >= 0.3 is 12.0 Å². The Morgan fingerprint density at radius 3 is 2.67 bits per heavy atom. The van der Waals surface area contributed by atoms with Gasteiger partial charge in [-0.2, -0.15) is 0 Å². The second kappa shape index (κ2) is 6.39. The van der Waals surface area contributed by atoms with E-state index in [1.54, 1.807) is 19.2 Å². The number of carboxylic acids is 1. The van der Waals surface area contributed by atoms with Crippen LogP contribution in [0.15, 0.2) is 22.7 Å². The monoisotopic (exact) mass is 314 g/mol. The van der Waals surface area contributed by atoms with E-state index in [1.165, 1.54) is 4.90 Å². The maximum atomic E-state index is 11.7. The fraction of sp³-hybridized carbons (Fsp3) is 0.333. The van der Waals surface area contributed by atoms with Gasteiger partial charge in [0.15, 0.2) is 0 Å². The first-order valence-electron chi connectivity index (χ1n) is 5.40. The van der Waals surface area contributed by atoms with Crippen LogP contribution in [-0.2, 0) is 4.79 Å². The number of urea groups is 1. The molecule has 0 radical (unpaired) electrons. The minimum absolute atomic E-state index is 0.0679. The Morgan fingerprint density at radius 1 is 1.44 bits per heavy atom. The summed E-state index contributed by atoms with van der Waals surface area (Å²) in [4.78, 5) is 23.5. The van der Waals surface area contributed by atoms with Gasteiger partial charge < -0.3 is 15.3 Å². The van der Waals surface area contributed by atoms with Gasteiger partial charge in [-0.3, -0.25) is 4.79 Å². The van der Waals surface area contributed by atoms with Crippen LogP contribution in [0.2, 0.25) is 0 Å². The average Bonchev–Trinajstić information content (AvgIpc) is 2.30. The van der Waals surface area contributed by atoms with E-state index in [2.05, 4.69) is 21.2 Å². The number of aryl methyl sites for hydroxylation is 1. The third-order valence-electron chi connectivity index (χ3n) is 2.43. The van der Waals surface area contributed by atoms with Gasteiger partial charge in [0.2, 0.25) is 0 Å². The van der Waals surface area contributed by atoms with Gasteiger partial charge in [-0.1, -0.05) is 22.0 Å². The molecular weight excluding hydrogens is 300 g/mol. The fourth-order valence-electron chi connectivity index (χ4n) is 1.25. The molecule has 0 aliphatic heterocycles. The van der Waals surface area contributed by atoms with Crippen LogP contribution < -0.4 is 5.32 Å². The number of halogens is 1. The van der Waals surface area contributed by atoms with Crippen LogP contribution in [0.4, 0.5) is 10.5 Å². The average molecular weight is 315 g/mol. The van der Waals surface area contributed by atoms with Crippen molar-refractivity contribution in [1.82, 2.24) is 4.90 Å². The number of amides is 2. The number of aliphatic carboxylic acids is 1. The van der Waals surface area contributed by atoms with Crippen molar-refractivity contribution in [3.8, 4) is 0 Å². The van der Waals surface area contributed by atoms with Crippen molar-refractivity contribution in [1.29, 1.82) is 0 Å². The number of carboxylic acid groups (broad SMARTS) is 1. The minimum Gasteiger partial charge on any atom is -0.481 e. The lowest BCUT2D eigenvalue weighted by molar-refractivity contribution is -0.137. The lowest BCUT2D eigenvalue weighted by Crippen LogP contribution is -2.33. The molecule has 0 atom stereocenters. The first kappa shape index (κ1) is 14.5. The largest absolute Gasteiger partial charge is 0.481 e. The maximum absolute atomic E-state index is 11.7. The highest BCUT2D eigenvalue weighted by Gasteiger charge is 2.10. The topological polar surface area (TPSA) is 69.6 Å². The second-order valence-corrected chi connectivity index (χ2v) is 4.81. The zero-order valence-electron chi connectivity index (χ0n) is 10.2. The highest BCUT2D eigenvalue weighted by atomic mass is 79.9. The van der Waals surface area contributed by atoms with Crippen LogP contribution in [-0.4, -0.2) is 35.6 Å². The maximum Gasteiger partial charge on any atom is 0.321 e. The summed E-state index contributed by atoms with van der Waals surface area (Å²) in [5.41, 5.74) is 1.74. The fourth-order valence-corrected chi connectivity index (χ4v) is 1.63. The van der Waals surface area contributed by atoms with Crippen LogP contribution in [0.25, 0.3) is 0 Å². The Hall–Kier alpha value is -1.56. The molecule has 0 aliphatic carbocycles. The number of benzene rings is 1. The third kappa shape index (κ3) is 4.37. The van der Waals surface area contributed by atoms with Crippen LogP contribution >= 0.6 is 15.9 Å². The summed E-state index contributed by atoms with van der Waals surface area (Å²) in [6.07, 6.45) is -0.0679. The third-order valence-corrected chi connectivity index (χ3v) is 3.29. The predicted octanol–water partition coefficient (Wildman–Crippen LogP) is 2.70. The molecule has 6 heteroatoms. The standard InChI is InChI=1S/C12H15BrN2O3/c1-8-3-4-9(7-10(8)13)14-12(18)15(2)6-5-11(16)17/h3-4,7H,5-6H2,1-2H3,(H,14,18)(H,16,17). The predicted molar refractivity (Wildman–Crippen MR) is 72.8 cm³/mol. The van der Waals surface area contributed by atoms with Crippen LogP contribution in [0, 0.1) is 6.92 Å². The lowest BCUT2D eigenvalue weighted by Gasteiger charge is -2.17. The Balaban J connectivity index is 2.58. The number of rotatable bonds is 4. The molecule has 0 spiro atoms. The molecule has 1 aromatic rings. The van der Waals surface area contributed by atoms with Gasteiger partial charge in [0.05, 0.1) is 6.42 Å². The number of nitrogens with zero attached hydrogens (tertiary/aromatic N) is 1. The highest BCUT2D eigenvalue weighted by Crippen LogP contribution is 2.20. The Labute approximate surface area is 114 Å². The lowest BCUT2D eigenvalue weighted by atomic mass is 10.2. The summed E-state index contributed by atoms with van der Waals surface area (Å²) >= 11 is 3.38. The van der Waals surface area contributed by atoms with Crippen LogP contribution in [0.1, 0.15) is 12.0 Å². The molecule has 0 heterocycles. The zero-order chi connectivity index (χ0) is 13.7. The summed E-state index contributed by atoms with van der Waals surface area (Å²) in [5, 5.41) is 11.2. The summed E-state index contributed by atoms with van der Waals surface area (Å²) in [5.74, 6) is -0.923. The van der Waals surface area contributed by atoms with Crippen LogP contribution in [0.5, 0.6) is 0 Å². The molecule has 0 unspecified atom stereocenters. The number of carbonyl (C=O) groups excluding carboxylic acids is 1. The van der Waals surface area contributed by atoms with Gasteiger partial charge in [0.25, 0.3) is 0 Å². The molecule has 18 heavy (non-hydrogen) atoms. The highest BCUT2D eigenvalue weighted by molar-refractivity contribution is 9.10. The molecule has 0 saturated heterocycles. The number of hydrogen-bond donors (Lipinski definition) is 2. The van der Waals surface area contributed by atoms with E-state index in [0.29, 0.717) is 5.69 Å². The van der Waals surface area contributed by atoms with Crippen molar-refractivity contribution in [2.24, 2.45) is 0 Å². The zero-order valence-corrected chi connectivity index (χ0v) is 11.8. The Kier molecular flexibility index (Phi) is 5.15. The minimum atomic E-state index is -0.923. The van der Waals surface area contributed by atoms with E-state index in [4.69, 9.17) is 5.11 Å². The Bertz CT molecular complexity index is 463. The summed E-state index contributed by atoms with van der Waals surface area (Å²) in [6.45, 7) is 2.13. The second-order valence-electron chi connectivity index (χ2n) is 3.96. The van der Waals surface area contributed by atoms with E-state index >= 15 is 0 Å². The van der Waals surface area contributed by atoms with Crippen molar-refractivity contribution in [3.63, 3.8) is 0 Å². The molecule has 1 aromatic carbocycles. The van der Waals surface area contributed by atoms with Crippen molar-refractivity contribution in [2.45, 2.75) is 13.3 Å². The number of anilines is 1. The van der Waals surface area contributed by atoms with Gasteiger partial charge in [-0.15, -0.1) is 0 Å². The first-order valence-corrected chi connectivity index (χ1v) is 6.19. The Morgan fingerprint density at radius 2 is 2.11 bits per heavy atom. The molecule has 0 bridgehead atoms. The van der Waals surface area contributed by atoms with Gasteiger partial charge in [-0.05, 0) is 24.6 Å². The van der Waals surface area contributed by atoms with Gasteiger partial charge in [0.1, 0.15) is 0 Å². The molecule has 0 aromatic heterocycles. The van der Waals surface area contributed by atoms with E-state index in [-0.39, 0.29) is 19.0 Å². The molecule has 5 nitrogen and oxygen atoms in total. The molecule has 0 saturated carbocycles. The molecule has 2 amide bonds. The van der Waals surface area contributed by atoms with Crippen molar-refractivity contribution in [2.75, 3.05) is 18.9 Å². The van der Waals surface area contributed by atoms with Crippen molar-refractivity contribution in [3.05, 3.63) is 28.2 Å². The molecule has 0 aliphatic rings. The van der Waals surface area contributed by atoms with Crippen molar-refractivity contribution >= 4 is 33.6 Å². The van der Waals surface area contributed by atoms with E-state index in [1.807, 2.05) is 13.0 Å². The molecule has 2 N–H and O–H groups in total. The molecule has 0 fully saturated rings. The quantitative estimate of drug-likeness (QED) is 0.897. The SMILES string of the molecule is Cc1ccc(NC(=O)N(C)CCC(=O)O)cc1Br. The summed E-state index contributed by atoms with van der Waals surface area (Å²) in [7, 11) is 1.56. The number of carbonyl (C=O) groups is 2. The van der Waals surface area contributed by atoms with Gasteiger partial charge in [0, 0.05) is 23.8 Å². The van der Waals surface area contributed by atoms with E-state index in [0.717, 1.165) is 10.0 Å². The summed E-state index contributed by atoms with van der Waals surface area (Å²) < 4.78 is 0.911. The normalized spacial score (nSPS) is 9.94. The summed E-state index contributed by atoms with van der Waals surface area (Å²) in [6, 6.07) is 5.16. The molecule has 1 rings (SSSR count). The smallest absolute Gasteiger partial charge is 0.321 e. The van der Waals surface area contributed by atoms with Crippen molar-refractivity contribution < 1.29 is 14.7 Å². The first-order chi connectivity index (χ1) is 8.40. The van der Waals surface area contributed by atoms with Crippen LogP contribution in [0.3, 0.4) is 0 Å².